The van der Waals surface area contributed by atoms with Crippen molar-refractivity contribution in [1.82, 2.24) is 0 Å². The molecule has 1 aromatic carbocycles. The zero-order valence-corrected chi connectivity index (χ0v) is 13.0. The van der Waals surface area contributed by atoms with E-state index in [2.05, 4.69) is 0 Å². The second-order valence-corrected chi connectivity index (χ2v) is 6.31. The first kappa shape index (κ1) is 15.7. The van der Waals surface area contributed by atoms with Gasteiger partial charge >= 0.3 is 11.9 Å². The SMILES string of the molecule is COC(=O)CC1(CSc2ccc(N)cc2C(=O)OC)CC1. The molecule has 5 nitrogen and oxygen atoms in total. The van der Waals surface area contributed by atoms with E-state index in [9.17, 15) is 9.59 Å². The molecule has 6 heteroatoms. The van der Waals surface area contributed by atoms with Crippen molar-refractivity contribution in [1.29, 1.82) is 0 Å². The van der Waals surface area contributed by atoms with Crippen LogP contribution in [0.3, 0.4) is 0 Å². The largest absolute Gasteiger partial charge is 0.469 e. The maximum atomic E-state index is 11.8. The lowest BCUT2D eigenvalue weighted by Gasteiger charge is -2.14. The molecule has 1 aliphatic rings. The first-order valence-electron chi connectivity index (χ1n) is 6.67. The Kier molecular flexibility index (Phi) is 4.77. The second-order valence-electron chi connectivity index (χ2n) is 5.29. The molecule has 0 amide bonds. The molecule has 0 saturated heterocycles. The van der Waals surface area contributed by atoms with E-state index in [1.54, 1.807) is 23.9 Å². The number of thioether (sulfide) groups is 1. The number of methoxy groups -OCH3 is 2. The predicted octanol–water partition coefficient (Wildman–Crippen LogP) is 2.49. The maximum absolute atomic E-state index is 11.8. The number of benzene rings is 1. The van der Waals surface area contributed by atoms with Crippen molar-refractivity contribution in [2.75, 3.05) is 25.7 Å². The summed E-state index contributed by atoms with van der Waals surface area (Å²) >= 11 is 1.56. The van der Waals surface area contributed by atoms with Crippen molar-refractivity contribution < 1.29 is 19.1 Å². The van der Waals surface area contributed by atoms with Crippen molar-refractivity contribution in [3.63, 3.8) is 0 Å². The fourth-order valence-electron chi connectivity index (χ4n) is 2.10. The van der Waals surface area contributed by atoms with Gasteiger partial charge in [0.25, 0.3) is 0 Å². The molecule has 0 aromatic heterocycles. The number of carbonyl (C=O) groups excluding carboxylic acids is 2. The molecule has 2 N–H and O–H groups in total. The van der Waals surface area contributed by atoms with Gasteiger partial charge < -0.3 is 15.2 Å². The van der Waals surface area contributed by atoms with E-state index in [1.165, 1.54) is 14.2 Å². The van der Waals surface area contributed by atoms with E-state index < -0.39 is 5.97 Å². The van der Waals surface area contributed by atoms with Crippen LogP contribution in [-0.2, 0) is 14.3 Å². The number of hydrogen-bond donors (Lipinski definition) is 1. The molecule has 114 valence electrons. The molecule has 0 aliphatic heterocycles. The van der Waals surface area contributed by atoms with Crippen molar-refractivity contribution >= 4 is 29.4 Å². The molecule has 1 aliphatic carbocycles. The summed E-state index contributed by atoms with van der Waals surface area (Å²) in [7, 11) is 2.75. The Balaban J connectivity index is 2.06. The van der Waals surface area contributed by atoms with Gasteiger partial charge in [0.1, 0.15) is 0 Å². The third-order valence-corrected chi connectivity index (χ3v) is 5.07. The maximum Gasteiger partial charge on any atom is 0.339 e. The van der Waals surface area contributed by atoms with Gasteiger partial charge in [0.15, 0.2) is 0 Å². The molecule has 21 heavy (non-hydrogen) atoms. The highest BCUT2D eigenvalue weighted by molar-refractivity contribution is 7.99. The highest BCUT2D eigenvalue weighted by Gasteiger charge is 2.44. The minimum Gasteiger partial charge on any atom is -0.469 e. The average Bonchev–Trinajstić information content (AvgIpc) is 3.24. The number of esters is 2. The first-order chi connectivity index (χ1) is 9.99. The monoisotopic (exact) mass is 309 g/mol. The van der Waals surface area contributed by atoms with Gasteiger partial charge in [0.05, 0.1) is 26.2 Å². The van der Waals surface area contributed by atoms with Gasteiger partial charge in [-0.15, -0.1) is 11.8 Å². The minimum absolute atomic E-state index is 0.00648. The summed E-state index contributed by atoms with van der Waals surface area (Å²) in [5, 5.41) is 0. The smallest absolute Gasteiger partial charge is 0.339 e. The quantitative estimate of drug-likeness (QED) is 0.494. The number of hydrogen-bond acceptors (Lipinski definition) is 6. The molecular weight excluding hydrogens is 290 g/mol. The molecule has 0 bridgehead atoms. The molecule has 1 saturated carbocycles. The number of nitrogen functional groups attached to an aromatic ring is 1. The highest BCUT2D eigenvalue weighted by atomic mass is 32.2. The lowest BCUT2D eigenvalue weighted by Crippen LogP contribution is -2.13. The predicted molar refractivity (Wildman–Crippen MR) is 81.2 cm³/mol. The Morgan fingerprint density at radius 2 is 2.00 bits per heavy atom. The van der Waals surface area contributed by atoms with Gasteiger partial charge in [0.2, 0.25) is 0 Å². The Morgan fingerprint density at radius 3 is 2.57 bits per heavy atom. The fraction of sp³-hybridized carbons (Fsp3) is 0.467. The summed E-state index contributed by atoms with van der Waals surface area (Å²) < 4.78 is 9.51. The zero-order chi connectivity index (χ0) is 15.5. The van der Waals surface area contributed by atoms with Crippen molar-refractivity contribution in [2.45, 2.75) is 24.2 Å². The van der Waals surface area contributed by atoms with Crippen LogP contribution in [0.4, 0.5) is 5.69 Å². The van der Waals surface area contributed by atoms with Gasteiger partial charge in [-0.1, -0.05) is 0 Å². The third-order valence-electron chi connectivity index (χ3n) is 3.65. The molecule has 0 radical (unpaired) electrons. The van der Waals surface area contributed by atoms with E-state index in [0.29, 0.717) is 17.7 Å². The van der Waals surface area contributed by atoms with Gasteiger partial charge in [-0.2, -0.15) is 0 Å². The number of nitrogens with two attached hydrogens (primary N) is 1. The number of ether oxygens (including phenoxy) is 2. The van der Waals surface area contributed by atoms with Crippen LogP contribution in [-0.4, -0.2) is 31.9 Å². The van der Waals surface area contributed by atoms with Crippen molar-refractivity contribution in [3.05, 3.63) is 23.8 Å². The second kappa shape index (κ2) is 6.39. The van der Waals surface area contributed by atoms with Crippen molar-refractivity contribution in [3.8, 4) is 0 Å². The van der Waals surface area contributed by atoms with Crippen LogP contribution >= 0.6 is 11.8 Å². The van der Waals surface area contributed by atoms with Crippen LogP contribution in [0.5, 0.6) is 0 Å². The van der Waals surface area contributed by atoms with Crippen LogP contribution in [0.1, 0.15) is 29.6 Å². The van der Waals surface area contributed by atoms with Gasteiger partial charge in [-0.05, 0) is 36.5 Å². The Labute approximate surface area is 128 Å². The topological polar surface area (TPSA) is 78.6 Å². The summed E-state index contributed by atoms with van der Waals surface area (Å²) in [5.41, 5.74) is 6.72. The molecule has 0 unspecified atom stereocenters. The standard InChI is InChI=1S/C15H19NO4S/c1-19-13(17)8-15(5-6-15)9-21-12-4-3-10(16)7-11(12)14(18)20-2/h3-4,7H,5-6,8-9,16H2,1-2H3. The molecule has 1 fully saturated rings. The van der Waals surface area contributed by atoms with E-state index in [1.807, 2.05) is 6.07 Å². The molecule has 1 aromatic rings. The van der Waals surface area contributed by atoms with Gasteiger partial charge in [0, 0.05) is 16.3 Å². The Morgan fingerprint density at radius 1 is 1.29 bits per heavy atom. The number of anilines is 1. The normalized spacial score (nSPS) is 15.3. The highest BCUT2D eigenvalue weighted by Crippen LogP contribution is 2.52. The Bertz CT molecular complexity index is 555. The summed E-state index contributed by atoms with van der Waals surface area (Å²) in [5.74, 6) is 0.192. The van der Waals surface area contributed by atoms with E-state index in [-0.39, 0.29) is 11.4 Å². The number of rotatable bonds is 6. The van der Waals surface area contributed by atoms with E-state index in [0.717, 1.165) is 23.5 Å². The van der Waals surface area contributed by atoms with Crippen LogP contribution in [0.15, 0.2) is 23.1 Å². The molecule has 0 atom stereocenters. The van der Waals surface area contributed by atoms with Gasteiger partial charge in [-0.3, -0.25) is 4.79 Å². The van der Waals surface area contributed by atoms with E-state index in [4.69, 9.17) is 15.2 Å². The summed E-state index contributed by atoms with van der Waals surface area (Å²) in [6.45, 7) is 0. The molecular formula is C15H19NO4S. The van der Waals surface area contributed by atoms with Crippen molar-refractivity contribution in [2.24, 2.45) is 5.41 Å². The summed E-state index contributed by atoms with van der Waals surface area (Å²) in [6, 6.07) is 5.20. The lowest BCUT2D eigenvalue weighted by atomic mass is 10.1. The van der Waals surface area contributed by atoms with Crippen LogP contribution < -0.4 is 5.73 Å². The van der Waals surface area contributed by atoms with Crippen LogP contribution in [0, 0.1) is 5.41 Å². The zero-order valence-electron chi connectivity index (χ0n) is 12.2. The minimum atomic E-state index is -0.400. The van der Waals surface area contributed by atoms with Crippen LogP contribution in [0.2, 0.25) is 0 Å². The van der Waals surface area contributed by atoms with E-state index >= 15 is 0 Å². The Hall–Kier alpha value is -1.69. The third kappa shape index (κ3) is 3.91. The summed E-state index contributed by atoms with van der Waals surface area (Å²) in [4.78, 5) is 24.0. The summed E-state index contributed by atoms with van der Waals surface area (Å²) in [6.07, 6.45) is 2.45. The number of carbonyl (C=O) groups is 2. The lowest BCUT2D eigenvalue weighted by molar-refractivity contribution is -0.141. The fourth-order valence-corrected chi connectivity index (χ4v) is 3.42. The molecule has 0 spiro atoms. The average molecular weight is 309 g/mol. The van der Waals surface area contributed by atoms with Crippen LogP contribution in [0.25, 0.3) is 0 Å². The van der Waals surface area contributed by atoms with Gasteiger partial charge in [-0.25, -0.2) is 4.79 Å². The molecule has 0 heterocycles. The molecule has 2 rings (SSSR count). The first-order valence-corrected chi connectivity index (χ1v) is 7.66.